The van der Waals surface area contributed by atoms with Gasteiger partial charge in [-0.05, 0) is 55.9 Å². The first kappa shape index (κ1) is 22.5. The summed E-state index contributed by atoms with van der Waals surface area (Å²) >= 11 is 0. The number of nitrogens with one attached hydrogen (secondary N) is 1. The van der Waals surface area contributed by atoms with Gasteiger partial charge in [-0.15, -0.1) is 0 Å². The second-order valence-corrected chi connectivity index (χ2v) is 10.7. The molecule has 0 saturated carbocycles. The highest BCUT2D eigenvalue weighted by atomic mass is 32.2. The maximum absolute atomic E-state index is 13.4. The molecule has 2 bridgehead atoms. The average molecular weight is 462 g/mol. The third kappa shape index (κ3) is 4.19. The Morgan fingerprint density at radius 1 is 1.25 bits per heavy atom. The van der Waals surface area contributed by atoms with Gasteiger partial charge < -0.3 is 15.8 Å². The van der Waals surface area contributed by atoms with Gasteiger partial charge in [0.05, 0.1) is 28.9 Å². The van der Waals surface area contributed by atoms with Crippen LogP contribution in [0.15, 0.2) is 41.3 Å². The van der Waals surface area contributed by atoms with Gasteiger partial charge in [-0.2, -0.15) is 0 Å². The Kier molecular flexibility index (Phi) is 5.89. The number of halogens is 1. The summed E-state index contributed by atoms with van der Waals surface area (Å²) in [4.78, 5) is 15.6. The number of nitrogens with two attached hydrogens (primary N) is 1. The van der Waals surface area contributed by atoms with E-state index in [-0.39, 0.29) is 27.7 Å². The quantitative estimate of drug-likeness (QED) is 0.641. The molecule has 2 aromatic rings. The number of ether oxygens (including phenoxy) is 1. The zero-order chi connectivity index (χ0) is 23.1. The number of piperidine rings is 1. The predicted octanol–water partition coefficient (Wildman–Crippen LogP) is 3.09. The normalized spacial score (nSPS) is 23.2. The zero-order valence-corrected chi connectivity index (χ0v) is 19.0. The van der Waals surface area contributed by atoms with Crippen molar-refractivity contribution in [1.29, 1.82) is 0 Å². The standard InChI is InChI=1S/C23H28FN3O4S/c1-31-20-13-19(25)21(32(2,29)30)12-18(20)22(28)26-23-10-3-4-17(9-11-23)27(23)14-15-5-7-16(24)8-6-15/h5-8,12-13,17H,3-4,9-11,14,25H2,1-2H3,(H,26,28). The maximum Gasteiger partial charge on any atom is 0.256 e. The number of anilines is 1. The van der Waals surface area contributed by atoms with E-state index in [0.717, 1.165) is 43.9 Å². The summed E-state index contributed by atoms with van der Waals surface area (Å²) in [7, 11) is -2.20. The molecule has 2 unspecified atom stereocenters. The lowest BCUT2D eigenvalue weighted by atomic mass is 9.95. The Bertz CT molecular complexity index is 1130. The average Bonchev–Trinajstić information content (AvgIpc) is 2.91. The fourth-order valence-electron chi connectivity index (χ4n) is 5.04. The highest BCUT2D eigenvalue weighted by Gasteiger charge is 2.49. The number of rotatable bonds is 6. The molecule has 2 saturated heterocycles. The van der Waals surface area contributed by atoms with Crippen LogP contribution >= 0.6 is 0 Å². The summed E-state index contributed by atoms with van der Waals surface area (Å²) in [6.45, 7) is 0.596. The van der Waals surface area contributed by atoms with Crippen molar-refractivity contribution >= 4 is 21.4 Å². The van der Waals surface area contributed by atoms with Gasteiger partial charge >= 0.3 is 0 Å². The lowest BCUT2D eigenvalue weighted by molar-refractivity contribution is 0.0184. The largest absolute Gasteiger partial charge is 0.496 e. The van der Waals surface area contributed by atoms with Gasteiger partial charge in [-0.3, -0.25) is 9.69 Å². The molecule has 2 aliphatic heterocycles. The molecule has 2 atom stereocenters. The molecule has 9 heteroatoms. The summed E-state index contributed by atoms with van der Waals surface area (Å²) < 4.78 is 42.9. The number of nitrogen functional groups attached to an aromatic ring is 1. The smallest absolute Gasteiger partial charge is 0.256 e. The SMILES string of the molecule is COc1cc(N)c(S(C)(=O)=O)cc1C(=O)NC12CCCC(CC1)N2Cc1ccc(F)cc1. The van der Waals surface area contributed by atoms with E-state index in [9.17, 15) is 17.6 Å². The second-order valence-electron chi connectivity index (χ2n) is 8.69. The Labute approximate surface area is 187 Å². The predicted molar refractivity (Wildman–Crippen MR) is 120 cm³/mol. The fourth-order valence-corrected chi connectivity index (χ4v) is 5.86. The third-order valence-electron chi connectivity index (χ3n) is 6.60. The minimum Gasteiger partial charge on any atom is -0.496 e. The van der Waals surface area contributed by atoms with Crippen molar-refractivity contribution in [2.45, 2.75) is 55.2 Å². The van der Waals surface area contributed by atoms with Crippen LogP contribution in [0.25, 0.3) is 0 Å². The van der Waals surface area contributed by atoms with Crippen LogP contribution < -0.4 is 15.8 Å². The Hall–Kier alpha value is -2.65. The summed E-state index contributed by atoms with van der Waals surface area (Å²) in [6.07, 6.45) is 5.61. The van der Waals surface area contributed by atoms with Crippen molar-refractivity contribution in [3.05, 3.63) is 53.3 Å². The third-order valence-corrected chi connectivity index (χ3v) is 7.75. The number of hydrogen-bond acceptors (Lipinski definition) is 6. The molecule has 1 amide bonds. The van der Waals surface area contributed by atoms with E-state index in [4.69, 9.17) is 10.5 Å². The summed E-state index contributed by atoms with van der Waals surface area (Å²) in [6, 6.07) is 9.40. The lowest BCUT2D eigenvalue weighted by Gasteiger charge is -2.45. The van der Waals surface area contributed by atoms with Crippen LogP contribution in [0.1, 0.15) is 48.0 Å². The molecule has 2 heterocycles. The molecule has 0 aromatic heterocycles. The number of carbonyl (C=O) groups is 1. The number of nitrogens with zero attached hydrogens (tertiary/aromatic N) is 1. The first-order valence-corrected chi connectivity index (χ1v) is 12.5. The van der Waals surface area contributed by atoms with Gasteiger partial charge in [-0.25, -0.2) is 12.8 Å². The molecule has 4 rings (SSSR count). The van der Waals surface area contributed by atoms with Crippen LogP contribution in [0.5, 0.6) is 5.75 Å². The van der Waals surface area contributed by atoms with Crippen LogP contribution in [0.3, 0.4) is 0 Å². The lowest BCUT2D eigenvalue weighted by Crippen LogP contribution is -2.60. The van der Waals surface area contributed by atoms with Crippen molar-refractivity contribution in [1.82, 2.24) is 10.2 Å². The van der Waals surface area contributed by atoms with Crippen LogP contribution in [0.2, 0.25) is 0 Å². The minimum atomic E-state index is -3.62. The summed E-state index contributed by atoms with van der Waals surface area (Å²) in [5.41, 5.74) is 6.48. The van der Waals surface area contributed by atoms with E-state index < -0.39 is 21.4 Å². The van der Waals surface area contributed by atoms with Gasteiger partial charge in [0.15, 0.2) is 9.84 Å². The highest BCUT2D eigenvalue weighted by Crippen LogP contribution is 2.44. The van der Waals surface area contributed by atoms with Crippen molar-refractivity contribution in [2.24, 2.45) is 0 Å². The molecule has 2 aromatic carbocycles. The number of hydrogen-bond donors (Lipinski definition) is 2. The van der Waals surface area contributed by atoms with Crippen molar-refractivity contribution in [2.75, 3.05) is 19.1 Å². The van der Waals surface area contributed by atoms with E-state index in [0.29, 0.717) is 12.6 Å². The number of fused-ring (bicyclic) bond motifs is 2. The van der Waals surface area contributed by atoms with Gasteiger partial charge in [0.2, 0.25) is 0 Å². The van der Waals surface area contributed by atoms with E-state index in [1.54, 1.807) is 12.1 Å². The topological polar surface area (TPSA) is 102 Å². The monoisotopic (exact) mass is 461 g/mol. The van der Waals surface area contributed by atoms with Crippen molar-refractivity contribution in [3.63, 3.8) is 0 Å². The van der Waals surface area contributed by atoms with Gasteiger partial charge in [0, 0.05) is 24.9 Å². The first-order valence-electron chi connectivity index (χ1n) is 10.6. The van der Waals surface area contributed by atoms with E-state index >= 15 is 0 Å². The number of methoxy groups -OCH3 is 1. The minimum absolute atomic E-state index is 0.0376. The molecule has 7 nitrogen and oxygen atoms in total. The van der Waals surface area contributed by atoms with Gasteiger partial charge in [0.1, 0.15) is 11.6 Å². The van der Waals surface area contributed by atoms with Crippen LogP contribution in [0, 0.1) is 5.82 Å². The number of amides is 1. The Balaban J connectivity index is 1.66. The molecule has 0 aliphatic carbocycles. The maximum atomic E-state index is 13.4. The molecule has 2 aliphatic rings. The van der Waals surface area contributed by atoms with Gasteiger partial charge in [-0.1, -0.05) is 12.1 Å². The number of sulfone groups is 1. The molecule has 3 N–H and O–H groups in total. The molecular weight excluding hydrogens is 433 g/mol. The van der Waals surface area contributed by atoms with Crippen molar-refractivity contribution < 1.29 is 22.3 Å². The molecule has 0 spiro atoms. The number of carbonyl (C=O) groups excluding carboxylic acids is 1. The highest BCUT2D eigenvalue weighted by molar-refractivity contribution is 7.90. The first-order chi connectivity index (χ1) is 15.1. The van der Waals surface area contributed by atoms with Crippen LogP contribution in [0.4, 0.5) is 10.1 Å². The Morgan fingerprint density at radius 2 is 1.97 bits per heavy atom. The molecule has 0 radical (unpaired) electrons. The fraction of sp³-hybridized carbons (Fsp3) is 0.435. The van der Waals surface area contributed by atoms with Gasteiger partial charge in [0.25, 0.3) is 5.91 Å². The van der Waals surface area contributed by atoms with E-state index in [2.05, 4.69) is 10.2 Å². The Morgan fingerprint density at radius 3 is 2.62 bits per heavy atom. The molecule has 32 heavy (non-hydrogen) atoms. The number of benzene rings is 2. The van der Waals surface area contributed by atoms with Crippen molar-refractivity contribution in [3.8, 4) is 5.75 Å². The van der Waals surface area contributed by atoms with E-state index in [1.807, 2.05) is 0 Å². The van der Waals surface area contributed by atoms with Crippen LogP contribution in [-0.4, -0.2) is 44.3 Å². The summed E-state index contributed by atoms with van der Waals surface area (Å²) in [5, 5.41) is 3.19. The molecule has 172 valence electrons. The van der Waals surface area contributed by atoms with E-state index in [1.165, 1.54) is 31.4 Å². The second kappa shape index (κ2) is 8.37. The molecule has 2 fully saturated rings. The zero-order valence-electron chi connectivity index (χ0n) is 18.2. The van der Waals surface area contributed by atoms with Crippen LogP contribution in [-0.2, 0) is 16.4 Å². The summed E-state index contributed by atoms with van der Waals surface area (Å²) in [5.74, 6) is -0.465. The molecular formula is C23H28FN3O4S.